The number of hydrogen-bond donors (Lipinski definition) is 12. The molecule has 0 fully saturated rings. The first kappa shape index (κ1) is 51.8. The van der Waals surface area contributed by atoms with Crippen molar-refractivity contribution in [3.05, 3.63) is 71.8 Å². The summed E-state index contributed by atoms with van der Waals surface area (Å²) in [6.07, 6.45) is 0.954. The molecule has 8 amide bonds. The van der Waals surface area contributed by atoms with Crippen molar-refractivity contribution in [2.45, 2.75) is 87.2 Å². The van der Waals surface area contributed by atoms with Gasteiger partial charge < -0.3 is 54.2 Å². The number of nitrogens with one attached hydrogen (secondary N) is 6. The SMILES string of the molecule is CSCC[C@H](NC(=O)[C@H](Cc1ccccc1)NC(=O)[C@H](CS)NC(=O)[C@@H](N)CCC(N)=O)C(=O)N[C@@H](Cc1ccccc1)C(=O)N[C@@H](CS)C(=O)N[C@@H](CCC(N)=O)C(=O)O. The third kappa shape index (κ3) is 19.3. The van der Waals surface area contributed by atoms with Crippen LogP contribution in [0, 0.1) is 0 Å². The summed E-state index contributed by atoms with van der Waals surface area (Å²) in [5.41, 5.74) is 17.4. The fourth-order valence-corrected chi connectivity index (χ4v) is 6.61. The average Bonchev–Trinajstić information content (AvgIpc) is 3.23. The van der Waals surface area contributed by atoms with Gasteiger partial charge in [-0.2, -0.15) is 37.0 Å². The molecule has 2 aromatic rings. The van der Waals surface area contributed by atoms with Gasteiger partial charge in [0.1, 0.15) is 36.3 Å². The first-order valence-electron chi connectivity index (χ1n) is 19.1. The molecule has 0 unspecified atom stereocenters. The molecule has 0 radical (unpaired) electrons. The number of hydrogen-bond acceptors (Lipinski definition) is 13. The van der Waals surface area contributed by atoms with Crippen molar-refractivity contribution >= 4 is 90.2 Å². The van der Waals surface area contributed by atoms with Crippen molar-refractivity contribution in [3.63, 3.8) is 0 Å². The van der Waals surface area contributed by atoms with Gasteiger partial charge in [0.15, 0.2) is 0 Å². The number of thiol groups is 2. The predicted octanol–water partition coefficient (Wildman–Crippen LogP) is -2.06. The van der Waals surface area contributed by atoms with Gasteiger partial charge in [0.05, 0.1) is 6.04 Å². The predicted molar refractivity (Wildman–Crippen MR) is 235 cm³/mol. The highest BCUT2D eigenvalue weighted by atomic mass is 32.2. The lowest BCUT2D eigenvalue weighted by Gasteiger charge is -2.27. The number of rotatable bonds is 28. The zero-order valence-corrected chi connectivity index (χ0v) is 36.1. The van der Waals surface area contributed by atoms with E-state index in [1.807, 2.05) is 0 Å². The van der Waals surface area contributed by atoms with E-state index in [1.165, 1.54) is 11.8 Å². The van der Waals surface area contributed by atoms with Crippen LogP contribution in [0.3, 0.4) is 0 Å². The van der Waals surface area contributed by atoms with Crippen LogP contribution >= 0.6 is 37.0 Å². The average molecular weight is 906 g/mol. The Bertz CT molecular complexity index is 1810. The third-order valence-corrected chi connectivity index (χ3v) is 10.4. The lowest BCUT2D eigenvalue weighted by Crippen LogP contribution is -2.60. The summed E-state index contributed by atoms with van der Waals surface area (Å²) in [6, 6.07) is 8.22. The molecule has 7 atom stereocenters. The van der Waals surface area contributed by atoms with Crippen LogP contribution in [0.5, 0.6) is 0 Å². The molecular formula is C39H55N9O10S3. The van der Waals surface area contributed by atoms with Gasteiger partial charge >= 0.3 is 5.97 Å². The van der Waals surface area contributed by atoms with Crippen molar-refractivity contribution < 1.29 is 48.3 Å². The second-order valence-electron chi connectivity index (χ2n) is 13.8. The molecule has 2 rings (SSSR count). The van der Waals surface area contributed by atoms with Gasteiger partial charge in [-0.25, -0.2) is 4.79 Å². The van der Waals surface area contributed by atoms with E-state index in [1.54, 1.807) is 66.9 Å². The second-order valence-corrected chi connectivity index (χ2v) is 15.6. The molecule has 19 nitrogen and oxygen atoms in total. The number of primary amides is 2. The summed E-state index contributed by atoms with van der Waals surface area (Å²) < 4.78 is 0. The van der Waals surface area contributed by atoms with Gasteiger partial charge in [-0.15, -0.1) is 0 Å². The summed E-state index contributed by atoms with van der Waals surface area (Å²) in [7, 11) is 0. The molecule has 61 heavy (non-hydrogen) atoms. The Labute approximate surface area is 368 Å². The molecule has 0 aliphatic carbocycles. The molecule has 0 aromatic heterocycles. The first-order chi connectivity index (χ1) is 29.0. The Hall–Kier alpha value is -5.32. The minimum atomic E-state index is -1.49. The normalized spacial score (nSPS) is 14.3. The van der Waals surface area contributed by atoms with Crippen LogP contribution < -0.4 is 49.1 Å². The van der Waals surface area contributed by atoms with Crippen molar-refractivity contribution in [2.24, 2.45) is 17.2 Å². The van der Waals surface area contributed by atoms with E-state index in [0.717, 1.165) is 0 Å². The van der Waals surface area contributed by atoms with Gasteiger partial charge in [0.25, 0.3) is 0 Å². The molecule has 0 saturated carbocycles. The van der Waals surface area contributed by atoms with Crippen LogP contribution in [0.1, 0.15) is 43.2 Å². The minimum Gasteiger partial charge on any atom is -0.480 e. The number of carbonyl (C=O) groups is 9. The molecule has 0 saturated heterocycles. The number of benzene rings is 2. The van der Waals surface area contributed by atoms with Gasteiger partial charge in [-0.1, -0.05) is 60.7 Å². The Morgan fingerprint density at radius 2 is 0.902 bits per heavy atom. The van der Waals surface area contributed by atoms with Crippen LogP contribution in [0.4, 0.5) is 0 Å². The minimum absolute atomic E-state index is 0.0296. The maximum Gasteiger partial charge on any atom is 0.326 e. The van der Waals surface area contributed by atoms with Gasteiger partial charge in [0.2, 0.25) is 47.3 Å². The molecule has 0 heterocycles. The van der Waals surface area contributed by atoms with Crippen molar-refractivity contribution in [3.8, 4) is 0 Å². The molecule has 22 heteroatoms. The molecular weight excluding hydrogens is 851 g/mol. The molecule has 13 N–H and O–H groups in total. The Morgan fingerprint density at radius 3 is 1.31 bits per heavy atom. The smallest absolute Gasteiger partial charge is 0.326 e. The number of nitrogens with two attached hydrogens (primary N) is 3. The zero-order valence-electron chi connectivity index (χ0n) is 33.5. The molecule has 2 aromatic carbocycles. The van der Waals surface area contributed by atoms with E-state index in [0.29, 0.717) is 16.9 Å². The van der Waals surface area contributed by atoms with E-state index in [4.69, 9.17) is 17.2 Å². The van der Waals surface area contributed by atoms with Crippen LogP contribution in [-0.4, -0.2) is 124 Å². The number of amides is 8. The fourth-order valence-electron chi connectivity index (χ4n) is 5.62. The Kier molecular flexibility index (Phi) is 23.4. The highest BCUT2D eigenvalue weighted by Gasteiger charge is 2.33. The van der Waals surface area contributed by atoms with Crippen LogP contribution in [0.15, 0.2) is 60.7 Å². The van der Waals surface area contributed by atoms with Crippen LogP contribution in [0.25, 0.3) is 0 Å². The van der Waals surface area contributed by atoms with Crippen LogP contribution in [-0.2, 0) is 56.0 Å². The van der Waals surface area contributed by atoms with Crippen LogP contribution in [0.2, 0.25) is 0 Å². The van der Waals surface area contributed by atoms with Crippen molar-refractivity contribution in [1.29, 1.82) is 0 Å². The van der Waals surface area contributed by atoms with Gasteiger partial charge in [-0.05, 0) is 42.4 Å². The van der Waals surface area contributed by atoms with E-state index < -0.39 is 95.5 Å². The lowest BCUT2D eigenvalue weighted by atomic mass is 10.0. The number of carboxylic acids is 1. The summed E-state index contributed by atoms with van der Waals surface area (Å²) in [4.78, 5) is 115. The van der Waals surface area contributed by atoms with E-state index in [-0.39, 0.29) is 56.5 Å². The maximum atomic E-state index is 14.1. The monoisotopic (exact) mass is 905 g/mol. The zero-order chi connectivity index (χ0) is 45.5. The van der Waals surface area contributed by atoms with E-state index in [9.17, 15) is 48.3 Å². The first-order valence-corrected chi connectivity index (χ1v) is 21.8. The summed E-state index contributed by atoms with van der Waals surface area (Å²) in [5, 5.41) is 24.8. The molecule has 334 valence electrons. The number of carbonyl (C=O) groups excluding carboxylic acids is 8. The standard InChI is InChI=1S/C39H55N9O10S3/c1-61-17-16-25(43-35(53)27(18-22-8-4-2-5-9-22)46-38(56)29(20-59)47-33(51)24(40)12-14-31(41)49)34(52)45-28(19-23-10-6-3-7-11-23)36(54)48-30(21-60)37(55)44-26(39(57)58)13-15-32(42)50/h2-11,24-30,59-60H,12-21,40H2,1H3,(H2,41,49)(H2,42,50)(H,43,53)(H,44,55)(H,45,52)(H,46,56)(H,47,51)(H,48,54)(H,57,58)/t24-,25-,26-,27-,28-,29-,30-/m0/s1. The summed E-state index contributed by atoms with van der Waals surface area (Å²) in [5.74, 6) is -7.71. The molecule has 0 bridgehead atoms. The summed E-state index contributed by atoms with van der Waals surface area (Å²) in [6.45, 7) is 0. The topological polar surface area (TPSA) is 324 Å². The third-order valence-electron chi connectivity index (χ3n) is 9.04. The number of thioether (sulfide) groups is 1. The Balaban J connectivity index is 2.36. The number of carboxylic acid groups (broad SMARTS) is 1. The fraction of sp³-hybridized carbons (Fsp3) is 0.462. The van der Waals surface area contributed by atoms with Crippen molar-refractivity contribution in [2.75, 3.05) is 23.5 Å². The quantitative estimate of drug-likeness (QED) is 0.0411. The largest absolute Gasteiger partial charge is 0.480 e. The van der Waals surface area contributed by atoms with E-state index in [2.05, 4.69) is 57.2 Å². The highest BCUT2D eigenvalue weighted by molar-refractivity contribution is 7.98. The number of aliphatic carboxylic acids is 1. The highest BCUT2D eigenvalue weighted by Crippen LogP contribution is 2.10. The molecule has 0 spiro atoms. The molecule has 0 aliphatic rings. The maximum absolute atomic E-state index is 14.1. The second kappa shape index (κ2) is 27.5. The van der Waals surface area contributed by atoms with Gasteiger partial charge in [-0.3, -0.25) is 38.4 Å². The summed E-state index contributed by atoms with van der Waals surface area (Å²) >= 11 is 9.74. The van der Waals surface area contributed by atoms with E-state index >= 15 is 0 Å². The lowest BCUT2D eigenvalue weighted by molar-refractivity contribution is -0.142. The van der Waals surface area contributed by atoms with Crippen molar-refractivity contribution in [1.82, 2.24) is 31.9 Å². The van der Waals surface area contributed by atoms with Gasteiger partial charge in [0, 0.05) is 37.2 Å². The Morgan fingerprint density at radius 1 is 0.541 bits per heavy atom. The molecule has 0 aliphatic heterocycles.